The summed E-state index contributed by atoms with van der Waals surface area (Å²) in [5, 5.41) is 3.85. The van der Waals surface area contributed by atoms with Crippen LogP contribution in [0.25, 0.3) is 11.3 Å². The van der Waals surface area contributed by atoms with Gasteiger partial charge in [0.1, 0.15) is 11.6 Å². The van der Waals surface area contributed by atoms with E-state index in [-0.39, 0.29) is 11.1 Å². The smallest absolute Gasteiger partial charge is 0.153 e. The fourth-order valence-corrected chi connectivity index (χ4v) is 1.55. The zero-order valence-electron chi connectivity index (χ0n) is 8.45. The van der Waals surface area contributed by atoms with Crippen molar-refractivity contribution in [1.29, 1.82) is 0 Å². The van der Waals surface area contributed by atoms with Gasteiger partial charge in [-0.3, -0.25) is 9.48 Å². The molecule has 0 radical (unpaired) electrons. The van der Waals surface area contributed by atoms with E-state index in [0.717, 1.165) is 12.1 Å². The summed E-state index contributed by atoms with van der Waals surface area (Å²) in [6.45, 7) is 0. The number of carbonyl (C=O) groups is 1. The molecule has 82 valence electrons. The van der Waals surface area contributed by atoms with Gasteiger partial charge in [0.2, 0.25) is 0 Å². The summed E-state index contributed by atoms with van der Waals surface area (Å²) in [6.07, 6.45) is 1.93. The molecule has 0 saturated carbocycles. The molecule has 0 atom stereocenters. The Kier molecular flexibility index (Phi) is 2.52. The second-order valence-corrected chi connectivity index (χ2v) is 3.31. The van der Waals surface area contributed by atoms with Crippen molar-refractivity contribution in [3.8, 4) is 11.3 Å². The summed E-state index contributed by atoms with van der Waals surface area (Å²) in [7, 11) is 1.59. The molecule has 1 aromatic carbocycles. The second kappa shape index (κ2) is 3.84. The minimum Gasteiger partial charge on any atom is -0.298 e. The first-order chi connectivity index (χ1) is 7.63. The lowest BCUT2D eigenvalue weighted by atomic mass is 10.1. The molecule has 0 aliphatic carbocycles. The van der Waals surface area contributed by atoms with E-state index in [4.69, 9.17) is 0 Å². The number of nitrogens with zero attached hydrogens (tertiary/aromatic N) is 2. The van der Waals surface area contributed by atoms with Crippen molar-refractivity contribution < 1.29 is 13.6 Å². The molecule has 0 N–H and O–H groups in total. The largest absolute Gasteiger partial charge is 0.298 e. The van der Waals surface area contributed by atoms with Gasteiger partial charge >= 0.3 is 0 Å². The molecular formula is C11H8F2N2O. The van der Waals surface area contributed by atoms with Gasteiger partial charge in [0.05, 0.1) is 17.5 Å². The summed E-state index contributed by atoms with van der Waals surface area (Å²) < 4.78 is 27.6. The third-order valence-corrected chi connectivity index (χ3v) is 2.28. The Morgan fingerprint density at radius 1 is 1.38 bits per heavy atom. The Morgan fingerprint density at radius 3 is 2.75 bits per heavy atom. The van der Waals surface area contributed by atoms with Gasteiger partial charge in [0, 0.05) is 18.7 Å². The van der Waals surface area contributed by atoms with E-state index < -0.39 is 11.6 Å². The molecular weight excluding hydrogens is 214 g/mol. The lowest BCUT2D eigenvalue weighted by Gasteiger charge is -2.04. The molecule has 0 bridgehead atoms. The lowest BCUT2D eigenvalue weighted by Crippen LogP contribution is -1.98. The van der Waals surface area contributed by atoms with Crippen molar-refractivity contribution in [3.05, 3.63) is 41.6 Å². The minimum absolute atomic E-state index is 0.156. The molecule has 0 saturated heterocycles. The Hall–Kier alpha value is -2.04. The van der Waals surface area contributed by atoms with Crippen LogP contribution in [0.1, 0.15) is 10.4 Å². The molecule has 0 aliphatic heterocycles. The number of rotatable bonds is 2. The summed E-state index contributed by atoms with van der Waals surface area (Å²) in [5.74, 6) is -1.37. The van der Waals surface area contributed by atoms with Gasteiger partial charge in [-0.2, -0.15) is 5.10 Å². The van der Waals surface area contributed by atoms with Gasteiger partial charge in [0.15, 0.2) is 6.29 Å². The average Bonchev–Trinajstić information content (AvgIpc) is 2.60. The maximum absolute atomic E-state index is 13.5. The number of hydrogen-bond acceptors (Lipinski definition) is 2. The maximum atomic E-state index is 13.5. The molecule has 0 fully saturated rings. The Bertz CT molecular complexity index is 549. The third kappa shape index (κ3) is 1.60. The Labute approximate surface area is 90.3 Å². The van der Waals surface area contributed by atoms with Crippen LogP contribution in [-0.2, 0) is 7.05 Å². The summed E-state index contributed by atoms with van der Waals surface area (Å²) in [6, 6.07) is 3.20. The quantitative estimate of drug-likeness (QED) is 0.730. The molecule has 1 aromatic heterocycles. The van der Waals surface area contributed by atoms with Gasteiger partial charge in [-0.15, -0.1) is 0 Å². The van der Waals surface area contributed by atoms with Gasteiger partial charge in [-0.25, -0.2) is 8.78 Å². The highest BCUT2D eigenvalue weighted by Gasteiger charge is 2.14. The number of halogens is 2. The van der Waals surface area contributed by atoms with Crippen molar-refractivity contribution >= 4 is 6.29 Å². The summed E-state index contributed by atoms with van der Waals surface area (Å²) in [5.41, 5.74) is 0.768. The van der Waals surface area contributed by atoms with Gasteiger partial charge < -0.3 is 0 Å². The van der Waals surface area contributed by atoms with Crippen molar-refractivity contribution in [2.75, 3.05) is 0 Å². The molecule has 0 aliphatic rings. The molecule has 5 heteroatoms. The van der Waals surface area contributed by atoms with Crippen LogP contribution >= 0.6 is 0 Å². The first-order valence-corrected chi connectivity index (χ1v) is 4.56. The van der Waals surface area contributed by atoms with Crippen LogP contribution in [0.2, 0.25) is 0 Å². The predicted molar refractivity (Wildman–Crippen MR) is 53.9 cm³/mol. The number of hydrogen-bond donors (Lipinski definition) is 0. The average molecular weight is 222 g/mol. The number of benzene rings is 1. The van der Waals surface area contributed by atoms with E-state index in [0.29, 0.717) is 12.0 Å². The zero-order valence-corrected chi connectivity index (χ0v) is 8.45. The number of aromatic nitrogens is 2. The zero-order chi connectivity index (χ0) is 11.7. The van der Waals surface area contributed by atoms with E-state index in [1.807, 2.05) is 0 Å². The van der Waals surface area contributed by atoms with Crippen LogP contribution in [0, 0.1) is 11.6 Å². The van der Waals surface area contributed by atoms with Crippen LogP contribution in [0.4, 0.5) is 8.78 Å². The number of carbonyl (C=O) groups excluding carboxylic acids is 1. The summed E-state index contributed by atoms with van der Waals surface area (Å²) in [4.78, 5) is 10.7. The van der Waals surface area contributed by atoms with E-state index in [1.165, 1.54) is 16.9 Å². The highest BCUT2D eigenvalue weighted by Crippen LogP contribution is 2.25. The molecule has 1 heterocycles. The predicted octanol–water partition coefficient (Wildman–Crippen LogP) is 2.18. The first kappa shape index (κ1) is 10.5. The fourth-order valence-electron chi connectivity index (χ4n) is 1.55. The number of aryl methyl sites for hydroxylation is 1. The van der Waals surface area contributed by atoms with Crippen LogP contribution in [0.15, 0.2) is 24.4 Å². The van der Waals surface area contributed by atoms with Crippen molar-refractivity contribution in [1.82, 2.24) is 9.78 Å². The van der Waals surface area contributed by atoms with E-state index in [9.17, 15) is 13.6 Å². The summed E-state index contributed by atoms with van der Waals surface area (Å²) >= 11 is 0. The number of aldehydes is 1. The van der Waals surface area contributed by atoms with Gasteiger partial charge in [-0.1, -0.05) is 0 Å². The van der Waals surface area contributed by atoms with E-state index >= 15 is 0 Å². The first-order valence-electron chi connectivity index (χ1n) is 4.56. The molecule has 2 rings (SSSR count). The normalized spacial score (nSPS) is 10.4. The van der Waals surface area contributed by atoms with Crippen LogP contribution in [-0.4, -0.2) is 16.1 Å². The topological polar surface area (TPSA) is 34.9 Å². The maximum Gasteiger partial charge on any atom is 0.153 e. The molecule has 0 amide bonds. The molecule has 0 spiro atoms. The highest BCUT2D eigenvalue weighted by molar-refractivity contribution is 5.85. The Morgan fingerprint density at radius 2 is 2.12 bits per heavy atom. The SMILES string of the molecule is Cn1ncc(C=O)c1-c1ccc(F)cc1F. The third-order valence-electron chi connectivity index (χ3n) is 2.28. The standard InChI is InChI=1S/C11H8F2N2O/c1-15-11(7(6-16)5-14-15)9-3-2-8(12)4-10(9)13/h2-6H,1H3. The molecule has 3 nitrogen and oxygen atoms in total. The molecule has 2 aromatic rings. The fraction of sp³-hybridized carbons (Fsp3) is 0.0909. The highest BCUT2D eigenvalue weighted by atomic mass is 19.1. The lowest BCUT2D eigenvalue weighted by molar-refractivity contribution is 0.112. The monoisotopic (exact) mass is 222 g/mol. The molecule has 0 unspecified atom stereocenters. The van der Waals surface area contributed by atoms with Crippen LogP contribution < -0.4 is 0 Å². The van der Waals surface area contributed by atoms with Crippen molar-refractivity contribution in [2.24, 2.45) is 7.05 Å². The minimum atomic E-state index is -0.716. The van der Waals surface area contributed by atoms with Gasteiger partial charge in [-0.05, 0) is 12.1 Å². The van der Waals surface area contributed by atoms with Crippen LogP contribution in [0.5, 0.6) is 0 Å². The van der Waals surface area contributed by atoms with E-state index in [2.05, 4.69) is 5.10 Å². The van der Waals surface area contributed by atoms with Crippen molar-refractivity contribution in [2.45, 2.75) is 0 Å². The van der Waals surface area contributed by atoms with Crippen LogP contribution in [0.3, 0.4) is 0 Å². The molecule has 16 heavy (non-hydrogen) atoms. The van der Waals surface area contributed by atoms with Crippen molar-refractivity contribution in [3.63, 3.8) is 0 Å². The second-order valence-electron chi connectivity index (χ2n) is 3.31. The van der Waals surface area contributed by atoms with E-state index in [1.54, 1.807) is 7.05 Å². The van der Waals surface area contributed by atoms with Gasteiger partial charge in [0.25, 0.3) is 0 Å². The Balaban J connectivity index is 2.66.